The molecular formula is C25H29N5O2. The second-order valence-corrected chi connectivity index (χ2v) is 8.65. The van der Waals surface area contributed by atoms with Gasteiger partial charge in [-0.2, -0.15) is 4.98 Å². The summed E-state index contributed by atoms with van der Waals surface area (Å²) in [5.74, 6) is 2.14. The van der Waals surface area contributed by atoms with Gasteiger partial charge in [-0.1, -0.05) is 24.3 Å². The van der Waals surface area contributed by atoms with Crippen LogP contribution in [-0.2, 0) is 4.74 Å². The number of aryl methyl sites for hydroxylation is 2. The van der Waals surface area contributed by atoms with Crippen LogP contribution in [-0.4, -0.2) is 41.3 Å². The van der Waals surface area contributed by atoms with E-state index in [9.17, 15) is 0 Å². The first-order valence-corrected chi connectivity index (χ1v) is 11.2. The predicted octanol–water partition coefficient (Wildman–Crippen LogP) is 4.39. The Hall–Kier alpha value is -3.19. The van der Waals surface area contributed by atoms with Gasteiger partial charge in [0.1, 0.15) is 6.61 Å². The average molecular weight is 432 g/mol. The Balaban J connectivity index is 1.26. The fourth-order valence-electron chi connectivity index (χ4n) is 4.55. The third kappa shape index (κ3) is 4.12. The summed E-state index contributed by atoms with van der Waals surface area (Å²) in [6.45, 7) is 5.34. The van der Waals surface area contributed by atoms with Gasteiger partial charge in [0.2, 0.25) is 5.95 Å². The van der Waals surface area contributed by atoms with Crippen molar-refractivity contribution in [3.63, 3.8) is 0 Å². The zero-order valence-electron chi connectivity index (χ0n) is 18.8. The lowest BCUT2D eigenvalue weighted by Gasteiger charge is -2.36. The van der Waals surface area contributed by atoms with Gasteiger partial charge in [0.25, 0.3) is 0 Å². The summed E-state index contributed by atoms with van der Waals surface area (Å²) >= 11 is 0. The third-order valence-electron chi connectivity index (χ3n) is 6.38. The van der Waals surface area contributed by atoms with Crippen LogP contribution >= 0.6 is 0 Å². The van der Waals surface area contributed by atoms with Gasteiger partial charge in [0.05, 0.1) is 31.0 Å². The Labute approximate surface area is 188 Å². The van der Waals surface area contributed by atoms with Crippen LogP contribution in [0.2, 0.25) is 0 Å². The normalized spacial score (nSPS) is 22.7. The minimum atomic E-state index is 0.119. The zero-order chi connectivity index (χ0) is 22.1. The van der Waals surface area contributed by atoms with Gasteiger partial charge < -0.3 is 19.7 Å². The molecule has 3 aromatic rings. The highest BCUT2D eigenvalue weighted by Crippen LogP contribution is 2.38. The maximum Gasteiger partial charge on any atom is 0.225 e. The molecule has 4 heterocycles. The average Bonchev–Trinajstić information content (AvgIpc) is 2.81. The molecule has 1 fully saturated rings. The van der Waals surface area contributed by atoms with Gasteiger partial charge in [-0.05, 0) is 55.5 Å². The summed E-state index contributed by atoms with van der Waals surface area (Å²) in [4.78, 5) is 15.7. The van der Waals surface area contributed by atoms with Crippen molar-refractivity contribution in [1.29, 1.82) is 0 Å². The van der Waals surface area contributed by atoms with Crippen molar-refractivity contribution in [2.75, 3.05) is 30.5 Å². The molecule has 5 rings (SSSR count). The van der Waals surface area contributed by atoms with E-state index in [-0.39, 0.29) is 18.2 Å². The number of pyridine rings is 1. The molecule has 0 spiro atoms. The Morgan fingerprint density at radius 2 is 1.94 bits per heavy atom. The lowest BCUT2D eigenvalue weighted by atomic mass is 9.99. The molecule has 32 heavy (non-hydrogen) atoms. The number of rotatable bonds is 4. The van der Waals surface area contributed by atoms with Crippen LogP contribution in [0.15, 0.2) is 48.8 Å². The second-order valence-electron chi connectivity index (χ2n) is 8.65. The molecule has 3 unspecified atom stereocenters. The zero-order valence-corrected chi connectivity index (χ0v) is 18.8. The number of likely N-dealkylation sites (N-methyl/N-ethyl adjacent to an activating group) is 1. The minimum absolute atomic E-state index is 0.119. The standard InChI is InChI=1S/C25H29N5O2/c1-16-6-4-5-7-20(16)21-15-32-23-13-27-25(29-24(23)30(21)3)28-19-8-9-22(31-14-19)18-10-11-26-17(2)12-18/h4-7,10-13,19,21-22H,8-9,14-15H2,1-3H3,(H,27,28,29). The third-order valence-corrected chi connectivity index (χ3v) is 6.38. The Kier molecular flexibility index (Phi) is 5.66. The smallest absolute Gasteiger partial charge is 0.225 e. The fraction of sp³-hybridized carbons (Fsp3) is 0.400. The molecule has 1 N–H and O–H groups in total. The highest BCUT2D eigenvalue weighted by molar-refractivity contribution is 5.57. The van der Waals surface area contributed by atoms with Crippen molar-refractivity contribution in [3.05, 3.63) is 71.2 Å². The fourth-order valence-corrected chi connectivity index (χ4v) is 4.55. The van der Waals surface area contributed by atoms with Crippen molar-refractivity contribution in [2.45, 2.75) is 44.9 Å². The van der Waals surface area contributed by atoms with Crippen molar-refractivity contribution < 1.29 is 9.47 Å². The molecule has 1 saturated heterocycles. The molecule has 0 amide bonds. The van der Waals surface area contributed by atoms with Gasteiger partial charge in [-0.25, -0.2) is 4.98 Å². The second kappa shape index (κ2) is 8.74. The number of benzene rings is 1. The number of hydrogen-bond donors (Lipinski definition) is 1. The van der Waals surface area contributed by atoms with E-state index in [1.165, 1.54) is 16.7 Å². The monoisotopic (exact) mass is 431 g/mol. The van der Waals surface area contributed by atoms with E-state index < -0.39 is 0 Å². The van der Waals surface area contributed by atoms with E-state index in [1.807, 2.05) is 19.2 Å². The van der Waals surface area contributed by atoms with E-state index in [4.69, 9.17) is 14.5 Å². The summed E-state index contributed by atoms with van der Waals surface area (Å²) in [5, 5.41) is 3.46. The van der Waals surface area contributed by atoms with Crippen LogP contribution in [0.5, 0.6) is 5.75 Å². The Morgan fingerprint density at radius 3 is 2.72 bits per heavy atom. The molecule has 3 atom stereocenters. The number of hydrogen-bond acceptors (Lipinski definition) is 7. The lowest BCUT2D eigenvalue weighted by molar-refractivity contribution is 0.00794. The summed E-state index contributed by atoms with van der Waals surface area (Å²) < 4.78 is 12.2. The molecule has 2 aliphatic rings. The van der Waals surface area contributed by atoms with E-state index in [0.717, 1.165) is 30.1 Å². The van der Waals surface area contributed by atoms with E-state index in [2.05, 4.69) is 64.5 Å². The van der Waals surface area contributed by atoms with E-state index >= 15 is 0 Å². The SMILES string of the molecule is Cc1cc(C2CCC(Nc3ncc4c(n3)N(C)C(c3ccccc3C)CO4)CO2)ccn1. The maximum absolute atomic E-state index is 6.14. The van der Waals surface area contributed by atoms with Gasteiger partial charge in [-0.3, -0.25) is 4.98 Å². The highest BCUT2D eigenvalue weighted by atomic mass is 16.5. The topological polar surface area (TPSA) is 72.4 Å². The summed E-state index contributed by atoms with van der Waals surface area (Å²) in [6, 6.07) is 12.9. The van der Waals surface area contributed by atoms with Gasteiger partial charge in [0.15, 0.2) is 11.6 Å². The van der Waals surface area contributed by atoms with Crippen molar-refractivity contribution in [3.8, 4) is 5.75 Å². The number of anilines is 2. The van der Waals surface area contributed by atoms with Gasteiger partial charge in [-0.15, -0.1) is 0 Å². The van der Waals surface area contributed by atoms with E-state index in [1.54, 1.807) is 6.20 Å². The molecule has 166 valence electrons. The van der Waals surface area contributed by atoms with Crippen molar-refractivity contribution in [2.24, 2.45) is 0 Å². The highest BCUT2D eigenvalue weighted by Gasteiger charge is 2.30. The van der Waals surface area contributed by atoms with Crippen molar-refractivity contribution >= 4 is 11.8 Å². The molecule has 0 saturated carbocycles. The van der Waals surface area contributed by atoms with Crippen LogP contribution in [0.4, 0.5) is 11.8 Å². The first-order chi connectivity index (χ1) is 15.6. The van der Waals surface area contributed by atoms with Crippen LogP contribution in [0.25, 0.3) is 0 Å². The van der Waals surface area contributed by atoms with Crippen LogP contribution < -0.4 is 15.0 Å². The molecule has 0 bridgehead atoms. The number of nitrogens with one attached hydrogen (secondary N) is 1. The first kappa shape index (κ1) is 20.7. The largest absolute Gasteiger partial charge is 0.486 e. The summed E-state index contributed by atoms with van der Waals surface area (Å²) in [6.07, 6.45) is 5.67. The van der Waals surface area contributed by atoms with Gasteiger partial charge in [0, 0.05) is 18.9 Å². The molecule has 2 aromatic heterocycles. The number of aromatic nitrogens is 3. The van der Waals surface area contributed by atoms with Crippen LogP contribution in [0.3, 0.4) is 0 Å². The number of ether oxygens (including phenoxy) is 2. The lowest BCUT2D eigenvalue weighted by Crippen LogP contribution is -2.36. The van der Waals surface area contributed by atoms with Crippen molar-refractivity contribution in [1.82, 2.24) is 15.0 Å². The molecule has 7 nitrogen and oxygen atoms in total. The minimum Gasteiger partial charge on any atom is -0.486 e. The Morgan fingerprint density at radius 1 is 1.06 bits per heavy atom. The summed E-state index contributed by atoms with van der Waals surface area (Å²) in [7, 11) is 2.07. The predicted molar refractivity (Wildman–Crippen MR) is 124 cm³/mol. The number of nitrogens with zero attached hydrogens (tertiary/aromatic N) is 4. The Bertz CT molecular complexity index is 1100. The van der Waals surface area contributed by atoms with Gasteiger partial charge >= 0.3 is 0 Å². The molecule has 1 aromatic carbocycles. The molecule has 7 heteroatoms. The summed E-state index contributed by atoms with van der Waals surface area (Å²) in [5.41, 5.74) is 4.72. The number of fused-ring (bicyclic) bond motifs is 1. The van der Waals surface area contributed by atoms with Crippen LogP contribution in [0, 0.1) is 13.8 Å². The molecule has 0 radical (unpaired) electrons. The quantitative estimate of drug-likeness (QED) is 0.657. The molecular weight excluding hydrogens is 402 g/mol. The van der Waals surface area contributed by atoms with E-state index in [0.29, 0.717) is 19.2 Å². The molecule has 2 aliphatic heterocycles. The maximum atomic E-state index is 6.14. The van der Waals surface area contributed by atoms with Crippen LogP contribution in [0.1, 0.15) is 47.4 Å². The molecule has 0 aliphatic carbocycles. The first-order valence-electron chi connectivity index (χ1n) is 11.2.